The normalized spacial score (nSPS) is 37.6. The maximum atomic E-state index is 9.58. The highest BCUT2D eigenvalue weighted by atomic mass is 16.5. The summed E-state index contributed by atoms with van der Waals surface area (Å²) in [6.45, 7) is 6.70. The fraction of sp³-hybridized carbons (Fsp3) is 1.00. The van der Waals surface area contributed by atoms with Gasteiger partial charge in [-0.2, -0.15) is 0 Å². The zero-order chi connectivity index (χ0) is 10.7. The van der Waals surface area contributed by atoms with Gasteiger partial charge < -0.3 is 15.2 Å². The largest absolute Gasteiger partial charge is 0.389 e. The van der Waals surface area contributed by atoms with E-state index in [4.69, 9.17) is 4.74 Å². The van der Waals surface area contributed by atoms with Crippen LogP contribution in [0.5, 0.6) is 0 Å². The monoisotopic (exact) mass is 214 g/mol. The van der Waals surface area contributed by atoms with Crippen molar-refractivity contribution in [2.45, 2.75) is 38.0 Å². The van der Waals surface area contributed by atoms with Crippen LogP contribution in [0.15, 0.2) is 0 Å². The summed E-state index contributed by atoms with van der Waals surface area (Å²) in [5.74, 6) is 0. The first-order valence-corrected chi connectivity index (χ1v) is 6.04. The molecule has 0 aromatic heterocycles. The third-order valence-corrected chi connectivity index (χ3v) is 3.57. The number of aliphatic hydroxyl groups excluding tert-OH is 1. The van der Waals surface area contributed by atoms with Crippen LogP contribution in [-0.4, -0.2) is 61.0 Å². The molecule has 2 N–H and O–H groups in total. The van der Waals surface area contributed by atoms with Crippen LogP contribution < -0.4 is 5.32 Å². The topological polar surface area (TPSA) is 44.7 Å². The molecule has 4 heteroatoms. The molecule has 0 aromatic carbocycles. The fourth-order valence-electron chi connectivity index (χ4n) is 2.57. The van der Waals surface area contributed by atoms with E-state index in [0.717, 1.165) is 13.1 Å². The molecule has 0 saturated carbocycles. The minimum atomic E-state index is -0.318. The molecule has 2 saturated heterocycles. The Balaban J connectivity index is 1.72. The Labute approximate surface area is 91.6 Å². The summed E-state index contributed by atoms with van der Waals surface area (Å²) >= 11 is 0. The van der Waals surface area contributed by atoms with E-state index in [1.165, 1.54) is 19.4 Å². The molecule has 2 aliphatic heterocycles. The van der Waals surface area contributed by atoms with Crippen molar-refractivity contribution in [3.05, 3.63) is 0 Å². The average molecular weight is 214 g/mol. The van der Waals surface area contributed by atoms with Crippen molar-refractivity contribution in [1.82, 2.24) is 10.2 Å². The molecular weight excluding hydrogens is 192 g/mol. The summed E-state index contributed by atoms with van der Waals surface area (Å²) in [6, 6.07) is 0.798. The van der Waals surface area contributed by atoms with Crippen molar-refractivity contribution in [1.29, 1.82) is 0 Å². The molecule has 15 heavy (non-hydrogen) atoms. The van der Waals surface area contributed by atoms with Crippen molar-refractivity contribution in [2.24, 2.45) is 0 Å². The summed E-state index contributed by atoms with van der Waals surface area (Å²) in [4.78, 5) is 2.51. The van der Waals surface area contributed by atoms with Crippen LogP contribution in [0.1, 0.15) is 19.8 Å². The van der Waals surface area contributed by atoms with Gasteiger partial charge in [0.1, 0.15) is 0 Å². The van der Waals surface area contributed by atoms with Gasteiger partial charge in [0.25, 0.3) is 0 Å². The number of likely N-dealkylation sites (N-methyl/N-ethyl adjacent to an activating group) is 1. The minimum absolute atomic E-state index is 0.143. The molecule has 88 valence electrons. The number of hydrogen-bond acceptors (Lipinski definition) is 4. The van der Waals surface area contributed by atoms with Gasteiger partial charge in [-0.1, -0.05) is 6.92 Å². The van der Waals surface area contributed by atoms with Gasteiger partial charge in [-0.25, -0.2) is 0 Å². The molecule has 2 aliphatic rings. The first-order chi connectivity index (χ1) is 7.31. The second-order valence-corrected chi connectivity index (χ2v) is 4.54. The lowest BCUT2D eigenvalue weighted by atomic mass is 10.1. The first-order valence-electron chi connectivity index (χ1n) is 6.04. The fourth-order valence-corrected chi connectivity index (χ4v) is 2.57. The molecule has 0 aromatic rings. The Morgan fingerprint density at radius 1 is 1.47 bits per heavy atom. The third kappa shape index (κ3) is 2.69. The van der Waals surface area contributed by atoms with Crippen molar-refractivity contribution in [3.63, 3.8) is 0 Å². The molecule has 2 heterocycles. The van der Waals surface area contributed by atoms with E-state index >= 15 is 0 Å². The number of aliphatic hydroxyl groups is 1. The Morgan fingerprint density at radius 3 is 3.00 bits per heavy atom. The maximum absolute atomic E-state index is 9.58. The van der Waals surface area contributed by atoms with E-state index in [0.29, 0.717) is 19.3 Å². The molecule has 0 bridgehead atoms. The molecule has 0 amide bonds. The number of nitrogens with zero attached hydrogens (tertiary/aromatic N) is 1. The lowest BCUT2D eigenvalue weighted by Gasteiger charge is -2.25. The van der Waals surface area contributed by atoms with E-state index in [9.17, 15) is 5.11 Å². The standard InChI is InChI=1S/C11H22N2O2/c1-2-13-5-3-4-9(13)6-12-10-7-15-8-11(10)14/h9-12,14H,2-8H2,1H3. The molecule has 2 rings (SSSR count). The van der Waals surface area contributed by atoms with Crippen LogP contribution in [0.25, 0.3) is 0 Å². The first kappa shape index (κ1) is 11.3. The van der Waals surface area contributed by atoms with Crippen molar-refractivity contribution in [2.75, 3.05) is 32.8 Å². The van der Waals surface area contributed by atoms with Crippen molar-refractivity contribution >= 4 is 0 Å². The van der Waals surface area contributed by atoms with E-state index in [-0.39, 0.29) is 12.1 Å². The molecule has 3 atom stereocenters. The summed E-state index contributed by atoms with van der Waals surface area (Å²) < 4.78 is 5.21. The summed E-state index contributed by atoms with van der Waals surface area (Å²) in [7, 11) is 0. The molecule has 0 radical (unpaired) electrons. The number of likely N-dealkylation sites (tertiary alicyclic amines) is 1. The number of ether oxygens (including phenoxy) is 1. The summed E-state index contributed by atoms with van der Waals surface area (Å²) in [5, 5.41) is 13.0. The van der Waals surface area contributed by atoms with E-state index in [1.807, 2.05) is 0 Å². The Kier molecular flexibility index (Phi) is 3.97. The summed E-state index contributed by atoms with van der Waals surface area (Å²) in [6.07, 6.45) is 2.27. The van der Waals surface area contributed by atoms with Gasteiger partial charge in [-0.05, 0) is 25.9 Å². The highest BCUT2D eigenvalue weighted by Gasteiger charge is 2.28. The molecule has 2 fully saturated rings. The smallest absolute Gasteiger partial charge is 0.0948 e. The van der Waals surface area contributed by atoms with Crippen LogP contribution in [0.3, 0.4) is 0 Å². The van der Waals surface area contributed by atoms with Gasteiger partial charge in [-0.3, -0.25) is 4.90 Å². The van der Waals surface area contributed by atoms with E-state index in [1.54, 1.807) is 0 Å². The highest BCUT2D eigenvalue weighted by molar-refractivity contribution is 4.85. The lowest BCUT2D eigenvalue weighted by Crippen LogP contribution is -2.45. The predicted octanol–water partition coefficient (Wildman–Crippen LogP) is -0.180. The number of rotatable bonds is 4. The third-order valence-electron chi connectivity index (χ3n) is 3.57. The second-order valence-electron chi connectivity index (χ2n) is 4.54. The second kappa shape index (κ2) is 5.25. The van der Waals surface area contributed by atoms with Gasteiger partial charge in [-0.15, -0.1) is 0 Å². The van der Waals surface area contributed by atoms with Crippen LogP contribution in [-0.2, 0) is 4.74 Å². The zero-order valence-electron chi connectivity index (χ0n) is 9.48. The Bertz CT molecular complexity index is 201. The quantitative estimate of drug-likeness (QED) is 0.681. The van der Waals surface area contributed by atoms with Gasteiger partial charge in [0.05, 0.1) is 25.4 Å². The highest BCUT2D eigenvalue weighted by Crippen LogP contribution is 2.16. The lowest BCUT2D eigenvalue weighted by molar-refractivity contribution is 0.121. The summed E-state index contributed by atoms with van der Waals surface area (Å²) in [5.41, 5.74) is 0. The van der Waals surface area contributed by atoms with Crippen LogP contribution >= 0.6 is 0 Å². The molecule has 3 unspecified atom stereocenters. The zero-order valence-corrected chi connectivity index (χ0v) is 9.48. The van der Waals surface area contributed by atoms with Gasteiger partial charge in [0.15, 0.2) is 0 Å². The van der Waals surface area contributed by atoms with E-state index < -0.39 is 0 Å². The number of hydrogen-bond donors (Lipinski definition) is 2. The molecule has 4 nitrogen and oxygen atoms in total. The van der Waals surface area contributed by atoms with Crippen LogP contribution in [0.2, 0.25) is 0 Å². The van der Waals surface area contributed by atoms with E-state index in [2.05, 4.69) is 17.1 Å². The van der Waals surface area contributed by atoms with Gasteiger partial charge in [0, 0.05) is 12.6 Å². The Hall–Kier alpha value is -0.160. The van der Waals surface area contributed by atoms with Gasteiger partial charge in [0.2, 0.25) is 0 Å². The van der Waals surface area contributed by atoms with Crippen molar-refractivity contribution in [3.8, 4) is 0 Å². The molecule has 0 spiro atoms. The molecular formula is C11H22N2O2. The maximum Gasteiger partial charge on any atom is 0.0948 e. The molecule has 0 aliphatic carbocycles. The minimum Gasteiger partial charge on any atom is -0.389 e. The average Bonchev–Trinajstić information content (AvgIpc) is 2.83. The SMILES string of the molecule is CCN1CCCC1CNC1COCC1O. The van der Waals surface area contributed by atoms with Crippen molar-refractivity contribution < 1.29 is 9.84 Å². The Morgan fingerprint density at radius 2 is 2.33 bits per heavy atom. The number of nitrogens with one attached hydrogen (secondary N) is 1. The predicted molar refractivity (Wildman–Crippen MR) is 58.9 cm³/mol. The van der Waals surface area contributed by atoms with Crippen LogP contribution in [0.4, 0.5) is 0 Å². The van der Waals surface area contributed by atoms with Crippen LogP contribution in [0, 0.1) is 0 Å². The van der Waals surface area contributed by atoms with Gasteiger partial charge >= 0.3 is 0 Å².